The lowest BCUT2D eigenvalue weighted by Gasteiger charge is -2.18. The maximum atomic E-state index is 12.5. The van der Waals surface area contributed by atoms with Gasteiger partial charge >= 0.3 is 0 Å². The van der Waals surface area contributed by atoms with E-state index in [2.05, 4.69) is 20.7 Å². The SMILES string of the molecule is CCC(NS(=O)(=O)c1ccc(Br)cc1Cl)c1ccccc1. The van der Waals surface area contributed by atoms with Crippen LogP contribution in [0.5, 0.6) is 0 Å². The van der Waals surface area contributed by atoms with Gasteiger partial charge in [0.05, 0.1) is 5.02 Å². The van der Waals surface area contributed by atoms with Crippen LogP contribution in [0.25, 0.3) is 0 Å². The number of hydrogen-bond donors (Lipinski definition) is 1. The maximum Gasteiger partial charge on any atom is 0.242 e. The van der Waals surface area contributed by atoms with Crippen molar-refractivity contribution < 1.29 is 8.42 Å². The van der Waals surface area contributed by atoms with Crippen molar-refractivity contribution in [2.24, 2.45) is 0 Å². The van der Waals surface area contributed by atoms with Gasteiger partial charge in [0.25, 0.3) is 0 Å². The van der Waals surface area contributed by atoms with Gasteiger partial charge < -0.3 is 0 Å². The molecule has 0 aromatic heterocycles. The van der Waals surface area contributed by atoms with E-state index in [9.17, 15) is 8.42 Å². The molecular weight excluding hydrogens is 374 g/mol. The molecule has 0 saturated heterocycles. The number of sulfonamides is 1. The summed E-state index contributed by atoms with van der Waals surface area (Å²) in [5.41, 5.74) is 0.928. The Morgan fingerprint density at radius 3 is 2.43 bits per heavy atom. The normalized spacial score (nSPS) is 13.1. The van der Waals surface area contributed by atoms with Crippen molar-refractivity contribution in [2.45, 2.75) is 24.3 Å². The summed E-state index contributed by atoms with van der Waals surface area (Å²) in [5, 5.41) is 0.194. The maximum absolute atomic E-state index is 12.5. The molecule has 2 aromatic carbocycles. The summed E-state index contributed by atoms with van der Waals surface area (Å²) in [5.74, 6) is 0. The minimum atomic E-state index is -3.67. The van der Waals surface area contributed by atoms with Crippen LogP contribution in [0.4, 0.5) is 0 Å². The molecule has 3 nitrogen and oxygen atoms in total. The van der Waals surface area contributed by atoms with Gasteiger partial charge in [-0.15, -0.1) is 0 Å². The minimum absolute atomic E-state index is 0.0850. The van der Waals surface area contributed by atoms with Crippen molar-refractivity contribution in [3.63, 3.8) is 0 Å². The summed E-state index contributed by atoms with van der Waals surface area (Å²) in [7, 11) is -3.67. The van der Waals surface area contributed by atoms with Crippen molar-refractivity contribution in [1.82, 2.24) is 4.72 Å². The van der Waals surface area contributed by atoms with Crippen LogP contribution in [0.3, 0.4) is 0 Å². The number of rotatable bonds is 5. The topological polar surface area (TPSA) is 46.2 Å². The summed E-state index contributed by atoms with van der Waals surface area (Å²) in [6.07, 6.45) is 0.650. The van der Waals surface area contributed by atoms with E-state index in [-0.39, 0.29) is 16.0 Å². The first-order chi connectivity index (χ1) is 9.94. The van der Waals surface area contributed by atoms with Gasteiger partial charge in [-0.2, -0.15) is 0 Å². The molecule has 0 aliphatic carbocycles. The zero-order valence-electron chi connectivity index (χ0n) is 11.4. The van der Waals surface area contributed by atoms with E-state index in [0.29, 0.717) is 6.42 Å². The van der Waals surface area contributed by atoms with Crippen LogP contribution in [0, 0.1) is 0 Å². The molecule has 0 radical (unpaired) electrons. The molecule has 0 spiro atoms. The van der Waals surface area contributed by atoms with E-state index in [4.69, 9.17) is 11.6 Å². The molecule has 1 atom stereocenters. The highest BCUT2D eigenvalue weighted by atomic mass is 79.9. The average molecular weight is 389 g/mol. The molecular formula is C15H15BrClNO2S. The molecule has 0 bridgehead atoms. The molecule has 21 heavy (non-hydrogen) atoms. The number of benzene rings is 2. The van der Waals surface area contributed by atoms with Crippen LogP contribution in [0.15, 0.2) is 57.9 Å². The Balaban J connectivity index is 2.32. The fourth-order valence-corrected chi connectivity index (χ4v) is 4.36. The summed E-state index contributed by atoms with van der Waals surface area (Å²) >= 11 is 9.30. The molecule has 6 heteroatoms. The van der Waals surface area contributed by atoms with E-state index < -0.39 is 10.0 Å². The van der Waals surface area contributed by atoms with Gasteiger partial charge in [-0.3, -0.25) is 0 Å². The van der Waals surface area contributed by atoms with Crippen molar-refractivity contribution in [3.05, 3.63) is 63.6 Å². The van der Waals surface area contributed by atoms with Gasteiger partial charge in [0.15, 0.2) is 0 Å². The Morgan fingerprint density at radius 2 is 1.86 bits per heavy atom. The van der Waals surface area contributed by atoms with Crippen LogP contribution in [-0.2, 0) is 10.0 Å². The van der Waals surface area contributed by atoms with Crippen LogP contribution >= 0.6 is 27.5 Å². The smallest absolute Gasteiger partial charge is 0.207 e. The predicted octanol–water partition coefficient (Wildman–Crippen LogP) is 4.53. The molecule has 0 aliphatic rings. The third-order valence-corrected chi connectivity index (χ3v) is 5.54. The third kappa shape index (κ3) is 4.07. The van der Waals surface area contributed by atoms with Crippen LogP contribution in [0.2, 0.25) is 5.02 Å². The highest BCUT2D eigenvalue weighted by Gasteiger charge is 2.22. The van der Waals surface area contributed by atoms with Crippen LogP contribution in [-0.4, -0.2) is 8.42 Å². The molecule has 0 saturated carbocycles. The lowest BCUT2D eigenvalue weighted by molar-refractivity contribution is 0.550. The second-order valence-corrected chi connectivity index (χ2v) is 7.57. The van der Waals surface area contributed by atoms with E-state index in [0.717, 1.165) is 10.0 Å². The van der Waals surface area contributed by atoms with E-state index in [1.807, 2.05) is 37.3 Å². The van der Waals surface area contributed by atoms with Gasteiger partial charge in [-0.1, -0.05) is 64.8 Å². The lowest BCUT2D eigenvalue weighted by Crippen LogP contribution is -2.28. The molecule has 1 unspecified atom stereocenters. The van der Waals surface area contributed by atoms with Crippen molar-refractivity contribution in [2.75, 3.05) is 0 Å². The second-order valence-electron chi connectivity index (χ2n) is 4.57. The highest BCUT2D eigenvalue weighted by Crippen LogP contribution is 2.27. The van der Waals surface area contributed by atoms with E-state index in [1.165, 1.54) is 6.07 Å². The number of hydrogen-bond acceptors (Lipinski definition) is 2. The number of halogens is 2. The average Bonchev–Trinajstić information content (AvgIpc) is 2.45. The zero-order chi connectivity index (χ0) is 15.5. The molecule has 0 fully saturated rings. The monoisotopic (exact) mass is 387 g/mol. The predicted molar refractivity (Wildman–Crippen MR) is 88.9 cm³/mol. The fraction of sp³-hybridized carbons (Fsp3) is 0.200. The first-order valence-corrected chi connectivity index (χ1v) is 9.12. The summed E-state index contributed by atoms with van der Waals surface area (Å²) in [4.78, 5) is 0.0850. The molecule has 112 valence electrons. The first kappa shape index (κ1) is 16.5. The van der Waals surface area contributed by atoms with Gasteiger partial charge in [0.1, 0.15) is 4.90 Å². The molecule has 0 amide bonds. The second kappa shape index (κ2) is 6.92. The Kier molecular flexibility index (Phi) is 5.43. The lowest BCUT2D eigenvalue weighted by atomic mass is 10.1. The molecule has 0 heterocycles. The largest absolute Gasteiger partial charge is 0.242 e. The fourth-order valence-electron chi connectivity index (χ4n) is 2.02. The van der Waals surface area contributed by atoms with Crippen molar-refractivity contribution in [3.8, 4) is 0 Å². The third-order valence-electron chi connectivity index (χ3n) is 3.09. The van der Waals surface area contributed by atoms with Gasteiger partial charge in [-0.25, -0.2) is 13.1 Å². The first-order valence-electron chi connectivity index (χ1n) is 6.46. The van der Waals surface area contributed by atoms with E-state index in [1.54, 1.807) is 12.1 Å². The standard InChI is InChI=1S/C15H15BrClNO2S/c1-2-14(11-6-4-3-5-7-11)18-21(19,20)15-9-8-12(16)10-13(15)17/h3-10,14,18H,2H2,1H3. The Hall–Kier alpha value is -0.880. The molecule has 2 aromatic rings. The van der Waals surface area contributed by atoms with Crippen molar-refractivity contribution in [1.29, 1.82) is 0 Å². The number of nitrogens with one attached hydrogen (secondary N) is 1. The molecule has 2 rings (SSSR count). The molecule has 0 aliphatic heterocycles. The summed E-state index contributed by atoms with van der Waals surface area (Å²) < 4.78 is 28.4. The van der Waals surface area contributed by atoms with E-state index >= 15 is 0 Å². The summed E-state index contributed by atoms with van der Waals surface area (Å²) in [6.45, 7) is 1.93. The Morgan fingerprint density at radius 1 is 1.19 bits per heavy atom. The van der Waals surface area contributed by atoms with Crippen LogP contribution < -0.4 is 4.72 Å². The quantitative estimate of drug-likeness (QED) is 0.818. The zero-order valence-corrected chi connectivity index (χ0v) is 14.5. The molecule has 1 N–H and O–H groups in total. The minimum Gasteiger partial charge on any atom is -0.207 e. The van der Waals surface area contributed by atoms with Crippen LogP contribution in [0.1, 0.15) is 24.9 Å². The Labute approximate surface area is 138 Å². The summed E-state index contributed by atoms with van der Waals surface area (Å²) in [6, 6.07) is 13.9. The Bertz CT molecular complexity index is 720. The van der Waals surface area contributed by atoms with Gasteiger partial charge in [0, 0.05) is 10.5 Å². The van der Waals surface area contributed by atoms with Gasteiger partial charge in [-0.05, 0) is 30.2 Å². The van der Waals surface area contributed by atoms with Gasteiger partial charge in [0.2, 0.25) is 10.0 Å². The van der Waals surface area contributed by atoms with Crippen molar-refractivity contribution >= 4 is 37.6 Å². The highest BCUT2D eigenvalue weighted by molar-refractivity contribution is 9.10.